The molecule has 0 heterocycles. The molecule has 0 spiro atoms. The maximum Gasteiger partial charge on any atom is 0.409 e. The zero-order valence-electron chi connectivity index (χ0n) is 24.0. The fourth-order valence-electron chi connectivity index (χ4n) is 4.18. The van der Waals surface area contributed by atoms with Gasteiger partial charge in [0.1, 0.15) is 6.10 Å². The number of rotatable bonds is 24. The monoisotopic (exact) mass is 485 g/mol. The van der Waals surface area contributed by atoms with Crippen LogP contribution in [0.3, 0.4) is 0 Å². The molecule has 34 heavy (non-hydrogen) atoms. The number of unbranched alkanes of at least 4 members (excludes halogenated alkanes) is 15. The van der Waals surface area contributed by atoms with E-state index in [1.54, 1.807) is 14.1 Å². The number of carbonyl (C=O) groups is 1. The molecule has 1 unspecified atom stereocenters. The first-order valence-corrected chi connectivity index (χ1v) is 14.5. The van der Waals surface area contributed by atoms with Gasteiger partial charge in [-0.05, 0) is 12.8 Å². The smallest absolute Gasteiger partial charge is 0.409 e. The minimum Gasteiger partial charge on any atom is -0.444 e. The molecule has 204 valence electrons. The van der Waals surface area contributed by atoms with E-state index in [0.29, 0.717) is 6.61 Å². The SMILES string of the molecule is CCCCCCCCCCCCCCCCCCOCC(CCC[N+](C)(C)C)OC(=O)N(C)C. The molecule has 0 aliphatic heterocycles. The van der Waals surface area contributed by atoms with E-state index in [-0.39, 0.29) is 12.2 Å². The second kappa shape index (κ2) is 22.6. The Bertz CT molecular complexity index is 449. The van der Waals surface area contributed by atoms with Gasteiger partial charge in [0.2, 0.25) is 0 Å². The molecule has 0 aliphatic carbocycles. The molecule has 0 bridgehead atoms. The van der Waals surface area contributed by atoms with Gasteiger partial charge in [-0.15, -0.1) is 0 Å². The van der Waals surface area contributed by atoms with Crippen molar-refractivity contribution in [3.05, 3.63) is 0 Å². The van der Waals surface area contributed by atoms with Crippen molar-refractivity contribution in [1.29, 1.82) is 0 Å². The Balaban J connectivity index is 3.59. The van der Waals surface area contributed by atoms with Crippen LogP contribution in [-0.4, -0.2) is 76.6 Å². The van der Waals surface area contributed by atoms with Gasteiger partial charge in [-0.3, -0.25) is 0 Å². The largest absolute Gasteiger partial charge is 0.444 e. The molecule has 0 saturated carbocycles. The highest BCUT2D eigenvalue weighted by atomic mass is 16.6. The van der Waals surface area contributed by atoms with E-state index in [2.05, 4.69) is 28.1 Å². The summed E-state index contributed by atoms with van der Waals surface area (Å²) in [5, 5.41) is 0. The van der Waals surface area contributed by atoms with Crippen LogP contribution in [0, 0.1) is 0 Å². The molecule has 5 nitrogen and oxygen atoms in total. The lowest BCUT2D eigenvalue weighted by molar-refractivity contribution is -0.870. The lowest BCUT2D eigenvalue weighted by Gasteiger charge is -2.25. The predicted molar refractivity (Wildman–Crippen MR) is 146 cm³/mol. The summed E-state index contributed by atoms with van der Waals surface area (Å²) in [5.41, 5.74) is 0. The Morgan fingerprint density at radius 3 is 1.56 bits per heavy atom. The highest BCUT2D eigenvalue weighted by Crippen LogP contribution is 2.14. The predicted octanol–water partition coefficient (Wildman–Crippen LogP) is 7.82. The average molecular weight is 486 g/mol. The van der Waals surface area contributed by atoms with Crippen LogP contribution in [0.1, 0.15) is 122 Å². The Labute approximate surface area is 213 Å². The third-order valence-electron chi connectivity index (χ3n) is 6.43. The van der Waals surface area contributed by atoms with Crippen LogP contribution in [0.15, 0.2) is 0 Å². The van der Waals surface area contributed by atoms with E-state index in [1.807, 2.05) is 0 Å². The van der Waals surface area contributed by atoms with E-state index in [1.165, 1.54) is 101 Å². The normalized spacial score (nSPS) is 12.6. The first kappa shape index (κ1) is 33.2. The Hall–Kier alpha value is -0.810. The third kappa shape index (κ3) is 24.3. The van der Waals surface area contributed by atoms with E-state index >= 15 is 0 Å². The third-order valence-corrected chi connectivity index (χ3v) is 6.43. The summed E-state index contributed by atoms with van der Waals surface area (Å²) in [7, 11) is 10.0. The van der Waals surface area contributed by atoms with Crippen molar-refractivity contribution in [1.82, 2.24) is 4.90 Å². The van der Waals surface area contributed by atoms with Gasteiger partial charge < -0.3 is 18.9 Å². The van der Waals surface area contributed by atoms with Gasteiger partial charge in [0.15, 0.2) is 0 Å². The molecular formula is C29H61N2O3+. The van der Waals surface area contributed by atoms with E-state index in [4.69, 9.17) is 9.47 Å². The molecule has 0 aromatic rings. The zero-order chi connectivity index (χ0) is 25.5. The molecule has 0 saturated heterocycles. The van der Waals surface area contributed by atoms with Gasteiger partial charge in [-0.1, -0.05) is 103 Å². The van der Waals surface area contributed by atoms with E-state index in [9.17, 15) is 4.79 Å². The van der Waals surface area contributed by atoms with Crippen molar-refractivity contribution < 1.29 is 18.8 Å². The zero-order valence-corrected chi connectivity index (χ0v) is 24.0. The van der Waals surface area contributed by atoms with Gasteiger partial charge in [-0.2, -0.15) is 0 Å². The molecule has 0 aromatic carbocycles. The van der Waals surface area contributed by atoms with Crippen LogP contribution in [-0.2, 0) is 9.47 Å². The molecule has 1 atom stereocenters. The van der Waals surface area contributed by atoms with Crippen molar-refractivity contribution in [2.75, 3.05) is 55.0 Å². The second-order valence-electron chi connectivity index (χ2n) is 11.4. The van der Waals surface area contributed by atoms with Gasteiger partial charge in [0, 0.05) is 27.1 Å². The molecule has 0 radical (unpaired) electrons. The number of hydrogen-bond donors (Lipinski definition) is 0. The van der Waals surface area contributed by atoms with Gasteiger partial charge in [-0.25, -0.2) is 4.79 Å². The number of quaternary nitrogens is 1. The van der Waals surface area contributed by atoms with E-state index < -0.39 is 0 Å². The number of carbonyl (C=O) groups excluding carboxylic acids is 1. The van der Waals surface area contributed by atoms with Gasteiger partial charge in [0.25, 0.3) is 0 Å². The van der Waals surface area contributed by atoms with E-state index in [0.717, 1.165) is 36.9 Å². The standard InChI is InChI=1S/C29H61N2O3/c1-7-8-9-10-11-12-13-14-15-16-17-18-19-20-21-22-26-33-27-28(34-29(32)30(2)3)24-23-25-31(4,5)6/h28H,7-27H2,1-6H3/q+1. The maximum absolute atomic E-state index is 11.9. The van der Waals surface area contributed by atoms with Crippen LogP contribution in [0.5, 0.6) is 0 Å². The topological polar surface area (TPSA) is 38.8 Å². The summed E-state index contributed by atoms with van der Waals surface area (Å²) in [4.78, 5) is 13.4. The Morgan fingerprint density at radius 2 is 1.15 bits per heavy atom. The molecule has 0 aromatic heterocycles. The summed E-state index contributed by atoms with van der Waals surface area (Å²) in [5.74, 6) is 0. The van der Waals surface area contributed by atoms with Crippen LogP contribution >= 0.6 is 0 Å². The summed E-state index contributed by atoms with van der Waals surface area (Å²) in [6.45, 7) is 4.63. The molecule has 0 N–H and O–H groups in total. The van der Waals surface area contributed by atoms with Gasteiger partial charge >= 0.3 is 6.09 Å². The first-order chi connectivity index (χ1) is 16.3. The van der Waals surface area contributed by atoms with Crippen molar-refractivity contribution >= 4 is 6.09 Å². The lowest BCUT2D eigenvalue weighted by Crippen LogP contribution is -2.36. The van der Waals surface area contributed by atoms with Crippen LogP contribution in [0.4, 0.5) is 4.79 Å². The minimum atomic E-state index is -0.277. The van der Waals surface area contributed by atoms with Crippen LogP contribution < -0.4 is 0 Å². The number of amides is 1. The second-order valence-corrected chi connectivity index (χ2v) is 11.4. The Kier molecular flexibility index (Phi) is 22.1. The summed E-state index contributed by atoms with van der Waals surface area (Å²) >= 11 is 0. The molecule has 0 aliphatic rings. The quantitative estimate of drug-likeness (QED) is 0.103. The Morgan fingerprint density at radius 1 is 0.706 bits per heavy atom. The fraction of sp³-hybridized carbons (Fsp3) is 0.966. The maximum atomic E-state index is 11.9. The molecule has 0 rings (SSSR count). The summed E-state index contributed by atoms with van der Waals surface area (Å²) in [6.07, 6.45) is 23.5. The fourth-order valence-corrected chi connectivity index (χ4v) is 4.18. The highest BCUT2D eigenvalue weighted by molar-refractivity contribution is 5.66. The molecule has 5 heteroatoms. The summed E-state index contributed by atoms with van der Waals surface area (Å²) in [6, 6.07) is 0. The van der Waals surface area contributed by atoms with Crippen molar-refractivity contribution in [3.63, 3.8) is 0 Å². The highest BCUT2D eigenvalue weighted by Gasteiger charge is 2.18. The minimum absolute atomic E-state index is 0.150. The van der Waals surface area contributed by atoms with Crippen molar-refractivity contribution in [3.8, 4) is 0 Å². The van der Waals surface area contributed by atoms with Crippen molar-refractivity contribution in [2.45, 2.75) is 129 Å². The molecule has 0 fully saturated rings. The number of hydrogen-bond acceptors (Lipinski definition) is 3. The average Bonchev–Trinajstić information content (AvgIpc) is 2.77. The summed E-state index contributed by atoms with van der Waals surface area (Å²) < 4.78 is 12.4. The van der Waals surface area contributed by atoms with Gasteiger partial charge in [0.05, 0.1) is 34.3 Å². The van der Waals surface area contributed by atoms with Crippen LogP contribution in [0.2, 0.25) is 0 Å². The van der Waals surface area contributed by atoms with Crippen molar-refractivity contribution in [2.24, 2.45) is 0 Å². The first-order valence-electron chi connectivity index (χ1n) is 14.5. The number of ether oxygens (including phenoxy) is 2. The number of nitrogens with zero attached hydrogens (tertiary/aromatic N) is 2. The van der Waals surface area contributed by atoms with Crippen LogP contribution in [0.25, 0.3) is 0 Å². The lowest BCUT2D eigenvalue weighted by atomic mass is 10.0. The molecule has 1 amide bonds. The molecular weight excluding hydrogens is 424 g/mol.